The van der Waals surface area contributed by atoms with Crippen LogP contribution in [-0.2, 0) is 4.79 Å². The minimum Gasteiger partial charge on any atom is -0.497 e. The number of para-hydroxylation sites is 2. The number of amides is 1. The topological polar surface area (TPSA) is 76.2 Å². The van der Waals surface area contributed by atoms with Crippen molar-refractivity contribution in [2.24, 2.45) is 0 Å². The van der Waals surface area contributed by atoms with Crippen molar-refractivity contribution in [3.8, 4) is 11.5 Å². The number of carbonyl (C=O) groups excluding carboxylic acids is 1. The number of fused-ring (bicyclic) bond motifs is 1. The van der Waals surface area contributed by atoms with Crippen LogP contribution >= 0.6 is 11.8 Å². The van der Waals surface area contributed by atoms with Crippen molar-refractivity contribution in [2.75, 3.05) is 19.5 Å². The molecule has 2 N–H and O–H groups in total. The fourth-order valence-corrected chi connectivity index (χ4v) is 3.47. The first-order chi connectivity index (χ1) is 12.6. The number of hydrogen-bond acceptors (Lipinski definition) is 5. The third kappa shape index (κ3) is 4.11. The molecule has 0 saturated carbocycles. The Morgan fingerprint density at radius 3 is 2.50 bits per heavy atom. The summed E-state index contributed by atoms with van der Waals surface area (Å²) in [6.45, 7) is 1.98. The van der Waals surface area contributed by atoms with Crippen molar-refractivity contribution in [1.29, 1.82) is 0 Å². The Morgan fingerprint density at radius 2 is 1.88 bits per heavy atom. The number of rotatable bonds is 7. The quantitative estimate of drug-likeness (QED) is 0.612. The molecule has 3 rings (SSSR count). The average Bonchev–Trinajstić information content (AvgIpc) is 3.08. The van der Waals surface area contributed by atoms with Gasteiger partial charge < -0.3 is 19.8 Å². The van der Waals surface area contributed by atoms with Gasteiger partial charge in [-0.1, -0.05) is 30.8 Å². The zero-order valence-electron chi connectivity index (χ0n) is 14.9. The molecule has 1 aromatic heterocycles. The number of benzene rings is 2. The minimum atomic E-state index is -0.271. The molecule has 0 aliphatic carbocycles. The zero-order chi connectivity index (χ0) is 18.5. The number of H-pyrrole nitrogens is 1. The second-order valence-corrected chi connectivity index (χ2v) is 6.86. The Kier molecular flexibility index (Phi) is 5.68. The summed E-state index contributed by atoms with van der Waals surface area (Å²) in [5, 5.41) is 3.40. The van der Waals surface area contributed by atoms with E-state index in [1.54, 1.807) is 32.4 Å². The molecule has 0 saturated heterocycles. The Balaban J connectivity index is 1.74. The first kappa shape index (κ1) is 18.1. The Bertz CT molecular complexity index is 855. The summed E-state index contributed by atoms with van der Waals surface area (Å²) in [7, 11) is 3.15. The standard InChI is InChI=1S/C19H21N3O3S/c1-4-17(26-19-21-15-7-5-6-8-16(15)22-19)18(23)20-12-9-13(24-2)11-14(10-12)25-3/h5-11,17H,4H2,1-3H3,(H,20,23)(H,21,22). The number of anilines is 1. The van der Waals surface area contributed by atoms with Gasteiger partial charge in [-0.25, -0.2) is 4.98 Å². The summed E-state index contributed by atoms with van der Waals surface area (Å²) in [6.07, 6.45) is 0.675. The van der Waals surface area contributed by atoms with E-state index in [9.17, 15) is 4.79 Å². The number of carbonyl (C=O) groups is 1. The van der Waals surface area contributed by atoms with Crippen LogP contribution in [0.1, 0.15) is 13.3 Å². The summed E-state index contributed by atoms with van der Waals surface area (Å²) in [5.74, 6) is 1.16. The van der Waals surface area contributed by atoms with Crippen LogP contribution in [0.4, 0.5) is 5.69 Å². The smallest absolute Gasteiger partial charge is 0.237 e. The number of nitrogens with zero attached hydrogens (tertiary/aromatic N) is 1. The van der Waals surface area contributed by atoms with Crippen LogP contribution in [0.3, 0.4) is 0 Å². The average molecular weight is 371 g/mol. The van der Waals surface area contributed by atoms with Gasteiger partial charge in [0.1, 0.15) is 11.5 Å². The zero-order valence-corrected chi connectivity index (χ0v) is 15.7. The second-order valence-electron chi connectivity index (χ2n) is 5.66. The van der Waals surface area contributed by atoms with Crippen LogP contribution in [0.25, 0.3) is 11.0 Å². The largest absolute Gasteiger partial charge is 0.497 e. The van der Waals surface area contributed by atoms with Crippen molar-refractivity contribution in [3.05, 3.63) is 42.5 Å². The molecule has 0 aliphatic heterocycles. The van der Waals surface area contributed by atoms with Crippen LogP contribution in [0.5, 0.6) is 11.5 Å². The minimum absolute atomic E-state index is 0.0896. The number of thioether (sulfide) groups is 1. The number of aromatic nitrogens is 2. The summed E-state index contributed by atoms with van der Waals surface area (Å²) in [6, 6.07) is 13.1. The number of imidazole rings is 1. The normalized spacial score (nSPS) is 12.0. The summed E-state index contributed by atoms with van der Waals surface area (Å²) in [5.41, 5.74) is 2.49. The number of nitrogens with one attached hydrogen (secondary N) is 2. The molecule has 7 heteroatoms. The summed E-state index contributed by atoms with van der Waals surface area (Å²) in [4.78, 5) is 20.5. The van der Waals surface area contributed by atoms with E-state index in [0.29, 0.717) is 23.6 Å². The van der Waals surface area contributed by atoms with Crippen LogP contribution in [-0.4, -0.2) is 35.3 Å². The fourth-order valence-electron chi connectivity index (χ4n) is 2.54. The van der Waals surface area contributed by atoms with Crippen LogP contribution in [0.15, 0.2) is 47.6 Å². The molecule has 0 fully saturated rings. The second kappa shape index (κ2) is 8.14. The van der Waals surface area contributed by atoms with E-state index in [4.69, 9.17) is 9.47 Å². The van der Waals surface area contributed by atoms with Crippen molar-refractivity contribution >= 4 is 34.4 Å². The van der Waals surface area contributed by atoms with E-state index in [0.717, 1.165) is 16.2 Å². The summed E-state index contributed by atoms with van der Waals surface area (Å²) < 4.78 is 10.5. The molecule has 1 amide bonds. The van der Waals surface area contributed by atoms with Gasteiger partial charge in [0, 0.05) is 23.9 Å². The lowest BCUT2D eigenvalue weighted by molar-refractivity contribution is -0.115. The molecule has 0 radical (unpaired) electrons. The van der Waals surface area contributed by atoms with Gasteiger partial charge in [-0.05, 0) is 18.6 Å². The molecule has 3 aromatic rings. The Hall–Kier alpha value is -2.67. The van der Waals surface area contributed by atoms with Crippen molar-refractivity contribution in [1.82, 2.24) is 9.97 Å². The molecule has 2 aromatic carbocycles. The number of aromatic amines is 1. The van der Waals surface area contributed by atoms with E-state index in [1.165, 1.54) is 11.8 Å². The Labute approximate surface area is 156 Å². The van der Waals surface area contributed by atoms with Gasteiger partial charge in [0.25, 0.3) is 0 Å². The first-order valence-electron chi connectivity index (χ1n) is 8.28. The van der Waals surface area contributed by atoms with Crippen LogP contribution < -0.4 is 14.8 Å². The molecular weight excluding hydrogens is 350 g/mol. The van der Waals surface area contributed by atoms with E-state index in [-0.39, 0.29) is 11.2 Å². The number of ether oxygens (including phenoxy) is 2. The maximum Gasteiger partial charge on any atom is 0.237 e. The lowest BCUT2D eigenvalue weighted by atomic mass is 10.2. The molecule has 0 aliphatic rings. The SMILES string of the molecule is CCC(Sc1nc2ccccc2[nH]1)C(=O)Nc1cc(OC)cc(OC)c1. The van der Waals surface area contributed by atoms with Gasteiger partial charge in [0.05, 0.1) is 30.5 Å². The molecular formula is C19H21N3O3S. The van der Waals surface area contributed by atoms with Gasteiger partial charge in [0.15, 0.2) is 5.16 Å². The van der Waals surface area contributed by atoms with E-state index in [2.05, 4.69) is 15.3 Å². The van der Waals surface area contributed by atoms with E-state index >= 15 is 0 Å². The molecule has 6 nitrogen and oxygen atoms in total. The summed E-state index contributed by atoms with van der Waals surface area (Å²) >= 11 is 1.42. The highest BCUT2D eigenvalue weighted by Crippen LogP contribution is 2.29. The third-order valence-corrected chi connectivity index (χ3v) is 5.15. The molecule has 0 spiro atoms. The van der Waals surface area contributed by atoms with Crippen LogP contribution in [0.2, 0.25) is 0 Å². The van der Waals surface area contributed by atoms with Gasteiger partial charge in [-0.3, -0.25) is 4.79 Å². The molecule has 1 heterocycles. The number of methoxy groups -OCH3 is 2. The monoisotopic (exact) mass is 371 g/mol. The van der Waals surface area contributed by atoms with Crippen molar-refractivity contribution in [2.45, 2.75) is 23.8 Å². The Morgan fingerprint density at radius 1 is 1.19 bits per heavy atom. The highest BCUT2D eigenvalue weighted by molar-refractivity contribution is 8.00. The molecule has 1 atom stereocenters. The van der Waals surface area contributed by atoms with E-state index in [1.807, 2.05) is 31.2 Å². The lowest BCUT2D eigenvalue weighted by Crippen LogP contribution is -2.24. The van der Waals surface area contributed by atoms with E-state index < -0.39 is 0 Å². The first-order valence-corrected chi connectivity index (χ1v) is 9.16. The fraction of sp³-hybridized carbons (Fsp3) is 0.263. The van der Waals surface area contributed by atoms with Gasteiger partial charge in [-0.2, -0.15) is 0 Å². The van der Waals surface area contributed by atoms with Gasteiger partial charge in [0.2, 0.25) is 5.91 Å². The van der Waals surface area contributed by atoms with Crippen LogP contribution in [0, 0.1) is 0 Å². The molecule has 136 valence electrons. The maximum atomic E-state index is 12.7. The third-order valence-electron chi connectivity index (χ3n) is 3.90. The lowest BCUT2D eigenvalue weighted by Gasteiger charge is -2.14. The van der Waals surface area contributed by atoms with Crippen molar-refractivity contribution < 1.29 is 14.3 Å². The molecule has 1 unspecified atom stereocenters. The predicted octanol–water partition coefficient (Wildman–Crippen LogP) is 4.09. The highest BCUT2D eigenvalue weighted by atomic mass is 32.2. The predicted molar refractivity (Wildman–Crippen MR) is 104 cm³/mol. The van der Waals surface area contributed by atoms with Gasteiger partial charge in [-0.15, -0.1) is 0 Å². The maximum absolute atomic E-state index is 12.7. The van der Waals surface area contributed by atoms with Gasteiger partial charge >= 0.3 is 0 Å². The number of hydrogen-bond donors (Lipinski definition) is 2. The molecule has 26 heavy (non-hydrogen) atoms. The molecule has 0 bridgehead atoms. The highest BCUT2D eigenvalue weighted by Gasteiger charge is 2.20. The van der Waals surface area contributed by atoms with Crippen molar-refractivity contribution in [3.63, 3.8) is 0 Å².